The van der Waals surface area contributed by atoms with Gasteiger partial charge in [0.05, 0.1) is 20.4 Å². The van der Waals surface area contributed by atoms with Gasteiger partial charge in [0.15, 0.2) is 23.1 Å². The number of aryl methyl sites for hydroxylation is 1. The van der Waals surface area contributed by atoms with Crippen LogP contribution >= 0.6 is 0 Å². The van der Waals surface area contributed by atoms with Crippen LogP contribution in [-0.2, 0) is 17.8 Å². The molecule has 6 nitrogen and oxygen atoms in total. The van der Waals surface area contributed by atoms with Crippen LogP contribution in [0.15, 0.2) is 59.1 Å². The Balaban J connectivity index is 1.60. The molecule has 0 saturated carbocycles. The number of aromatic nitrogens is 1. The first-order valence-electron chi connectivity index (χ1n) is 9.63. The first-order valence-corrected chi connectivity index (χ1v) is 9.63. The minimum Gasteiger partial charge on any atom is -0.493 e. The summed E-state index contributed by atoms with van der Waals surface area (Å²) in [4.78, 5) is 18.8. The Labute approximate surface area is 171 Å². The van der Waals surface area contributed by atoms with Crippen molar-refractivity contribution in [2.75, 3.05) is 20.8 Å². The summed E-state index contributed by atoms with van der Waals surface area (Å²) in [5, 5.41) is 0. The summed E-state index contributed by atoms with van der Waals surface area (Å²) in [6, 6.07) is 15.5. The molecular formula is C23H26N2O4. The lowest BCUT2D eigenvalue weighted by atomic mass is 10.1. The normalized spacial score (nSPS) is 10.6. The third-order valence-electron chi connectivity index (χ3n) is 4.72. The van der Waals surface area contributed by atoms with Gasteiger partial charge < -0.3 is 18.8 Å². The maximum Gasteiger partial charge on any atom is 0.223 e. The second kappa shape index (κ2) is 9.78. The molecule has 0 aliphatic rings. The Bertz CT molecular complexity index is 937. The number of methoxy groups -OCH3 is 2. The van der Waals surface area contributed by atoms with Gasteiger partial charge >= 0.3 is 0 Å². The van der Waals surface area contributed by atoms with Gasteiger partial charge in [-0.2, -0.15) is 0 Å². The van der Waals surface area contributed by atoms with Gasteiger partial charge in [-0.15, -0.1) is 0 Å². The molecular weight excluding hydrogens is 368 g/mol. The van der Waals surface area contributed by atoms with E-state index in [0.29, 0.717) is 49.1 Å². The summed E-state index contributed by atoms with van der Waals surface area (Å²) >= 11 is 0. The van der Waals surface area contributed by atoms with Crippen molar-refractivity contribution in [2.24, 2.45) is 0 Å². The van der Waals surface area contributed by atoms with E-state index in [0.717, 1.165) is 11.1 Å². The first-order chi connectivity index (χ1) is 14.1. The van der Waals surface area contributed by atoms with Gasteiger partial charge in [0.25, 0.3) is 0 Å². The lowest BCUT2D eigenvalue weighted by Crippen LogP contribution is -2.30. The van der Waals surface area contributed by atoms with E-state index in [1.807, 2.05) is 60.4 Å². The van der Waals surface area contributed by atoms with Crippen molar-refractivity contribution in [2.45, 2.75) is 26.3 Å². The minimum atomic E-state index is 0.0572. The number of nitrogens with zero attached hydrogens (tertiary/aromatic N) is 2. The second-order valence-corrected chi connectivity index (χ2v) is 6.58. The number of oxazole rings is 1. The monoisotopic (exact) mass is 394 g/mol. The molecule has 0 N–H and O–H groups in total. The molecule has 0 radical (unpaired) electrons. The fourth-order valence-corrected chi connectivity index (χ4v) is 3.11. The third-order valence-corrected chi connectivity index (χ3v) is 4.72. The smallest absolute Gasteiger partial charge is 0.223 e. The summed E-state index contributed by atoms with van der Waals surface area (Å²) in [6.45, 7) is 3.10. The van der Waals surface area contributed by atoms with Gasteiger partial charge in [-0.1, -0.05) is 36.4 Å². The molecule has 1 amide bonds. The molecule has 1 heterocycles. The Kier molecular flexibility index (Phi) is 6.89. The van der Waals surface area contributed by atoms with Crippen LogP contribution in [0.4, 0.5) is 0 Å². The fourth-order valence-electron chi connectivity index (χ4n) is 3.11. The van der Waals surface area contributed by atoms with E-state index in [1.165, 1.54) is 0 Å². The van der Waals surface area contributed by atoms with Crippen LogP contribution in [-0.4, -0.2) is 36.6 Å². The molecule has 3 rings (SSSR count). The van der Waals surface area contributed by atoms with Crippen LogP contribution in [0.5, 0.6) is 11.5 Å². The zero-order valence-corrected chi connectivity index (χ0v) is 17.1. The number of benzene rings is 2. The lowest BCUT2D eigenvalue weighted by Gasteiger charge is -2.21. The van der Waals surface area contributed by atoms with Gasteiger partial charge in [-0.25, -0.2) is 4.98 Å². The average Bonchev–Trinajstić information content (AvgIpc) is 3.25. The van der Waals surface area contributed by atoms with Gasteiger partial charge in [-0.3, -0.25) is 4.79 Å². The van der Waals surface area contributed by atoms with Gasteiger partial charge in [0.1, 0.15) is 0 Å². The number of hydrogen-bond acceptors (Lipinski definition) is 5. The van der Waals surface area contributed by atoms with Crippen molar-refractivity contribution in [3.05, 3.63) is 66.2 Å². The van der Waals surface area contributed by atoms with E-state index >= 15 is 0 Å². The molecule has 0 unspecified atom stereocenters. The van der Waals surface area contributed by atoms with Crippen molar-refractivity contribution in [3.63, 3.8) is 0 Å². The molecule has 2 aromatic carbocycles. The van der Waals surface area contributed by atoms with Crippen LogP contribution in [0, 0.1) is 0 Å². The van der Waals surface area contributed by atoms with Crippen LogP contribution < -0.4 is 9.47 Å². The molecule has 3 aromatic rings. The summed E-state index contributed by atoms with van der Waals surface area (Å²) in [5.41, 5.74) is 1.96. The Hall–Kier alpha value is -3.28. The van der Waals surface area contributed by atoms with E-state index in [1.54, 1.807) is 20.4 Å². The predicted molar refractivity (Wildman–Crippen MR) is 111 cm³/mol. The van der Waals surface area contributed by atoms with Gasteiger partial charge in [0.2, 0.25) is 5.91 Å². The Morgan fingerprint density at radius 2 is 1.83 bits per heavy atom. The molecule has 0 bridgehead atoms. The Morgan fingerprint density at radius 1 is 1.07 bits per heavy atom. The summed E-state index contributed by atoms with van der Waals surface area (Å²) in [6.07, 6.45) is 2.51. The van der Waals surface area contributed by atoms with E-state index in [9.17, 15) is 4.79 Å². The molecule has 0 atom stereocenters. The largest absolute Gasteiger partial charge is 0.493 e. The Morgan fingerprint density at radius 3 is 2.52 bits per heavy atom. The minimum absolute atomic E-state index is 0.0572. The zero-order valence-electron chi connectivity index (χ0n) is 17.1. The number of rotatable bonds is 9. The number of ether oxygens (including phenoxy) is 2. The first kappa shape index (κ1) is 20.5. The van der Waals surface area contributed by atoms with Crippen LogP contribution in [0.25, 0.3) is 11.3 Å². The number of amides is 1. The molecule has 29 heavy (non-hydrogen) atoms. The molecule has 6 heteroatoms. The molecule has 152 valence electrons. The van der Waals surface area contributed by atoms with Gasteiger partial charge in [-0.05, 0) is 24.6 Å². The maximum atomic E-state index is 12.7. The van der Waals surface area contributed by atoms with Crippen molar-refractivity contribution < 1.29 is 18.7 Å². The predicted octanol–water partition coefficient (Wildman–Crippen LogP) is 4.34. The molecule has 0 saturated heterocycles. The molecule has 0 aliphatic carbocycles. The standard InChI is InChI=1S/C23H26N2O4/c1-4-25(16-17-10-11-19(27-2)20(14-17)28-3)23(26)13-12-22-24-15-21(29-22)18-8-6-5-7-9-18/h5-11,14-15H,4,12-13,16H2,1-3H3. The summed E-state index contributed by atoms with van der Waals surface area (Å²) in [7, 11) is 3.20. The maximum absolute atomic E-state index is 12.7. The summed E-state index contributed by atoms with van der Waals surface area (Å²) in [5.74, 6) is 2.66. The van der Waals surface area contributed by atoms with E-state index in [2.05, 4.69) is 4.98 Å². The van der Waals surface area contributed by atoms with Crippen molar-refractivity contribution >= 4 is 5.91 Å². The number of carbonyl (C=O) groups excluding carboxylic acids is 1. The van der Waals surface area contributed by atoms with Crippen LogP contribution in [0.2, 0.25) is 0 Å². The van der Waals surface area contributed by atoms with Crippen molar-refractivity contribution in [1.29, 1.82) is 0 Å². The molecule has 1 aromatic heterocycles. The van der Waals surface area contributed by atoms with Crippen LogP contribution in [0.3, 0.4) is 0 Å². The van der Waals surface area contributed by atoms with E-state index in [-0.39, 0.29) is 5.91 Å². The van der Waals surface area contributed by atoms with E-state index < -0.39 is 0 Å². The van der Waals surface area contributed by atoms with Crippen molar-refractivity contribution in [1.82, 2.24) is 9.88 Å². The highest BCUT2D eigenvalue weighted by atomic mass is 16.5. The zero-order chi connectivity index (χ0) is 20.6. The quantitative estimate of drug-likeness (QED) is 0.540. The van der Waals surface area contributed by atoms with Crippen LogP contribution in [0.1, 0.15) is 24.8 Å². The molecule has 0 aliphatic heterocycles. The highest BCUT2D eigenvalue weighted by Gasteiger charge is 2.15. The SMILES string of the molecule is CCN(Cc1ccc(OC)c(OC)c1)C(=O)CCc1ncc(-c2ccccc2)o1. The number of hydrogen-bond donors (Lipinski definition) is 0. The second-order valence-electron chi connectivity index (χ2n) is 6.58. The molecule has 0 spiro atoms. The molecule has 0 fully saturated rings. The lowest BCUT2D eigenvalue weighted by molar-refractivity contribution is -0.131. The topological polar surface area (TPSA) is 64.8 Å². The highest BCUT2D eigenvalue weighted by Crippen LogP contribution is 2.28. The van der Waals surface area contributed by atoms with Crippen molar-refractivity contribution in [3.8, 4) is 22.8 Å². The third kappa shape index (κ3) is 5.16. The fraction of sp³-hybridized carbons (Fsp3) is 0.304. The average molecular weight is 394 g/mol. The number of carbonyl (C=O) groups is 1. The van der Waals surface area contributed by atoms with E-state index in [4.69, 9.17) is 13.9 Å². The summed E-state index contributed by atoms with van der Waals surface area (Å²) < 4.78 is 16.4. The highest BCUT2D eigenvalue weighted by molar-refractivity contribution is 5.76. The van der Waals surface area contributed by atoms with Gasteiger partial charge in [0, 0.05) is 31.5 Å².